The molecule has 0 spiro atoms. The van der Waals surface area contributed by atoms with Crippen molar-refractivity contribution < 1.29 is 19.5 Å². The highest BCUT2D eigenvalue weighted by molar-refractivity contribution is 8.01. The van der Waals surface area contributed by atoms with Gasteiger partial charge in [0.2, 0.25) is 11.0 Å². The zero-order valence-corrected chi connectivity index (χ0v) is 15.0. The van der Waals surface area contributed by atoms with E-state index < -0.39 is 23.3 Å². The number of thioether (sulfide) groups is 2. The Morgan fingerprint density at radius 3 is 2.88 bits per heavy atom. The molecule has 0 bridgehead atoms. The summed E-state index contributed by atoms with van der Waals surface area (Å²) in [5.74, 6) is -1.76. The summed E-state index contributed by atoms with van der Waals surface area (Å²) in [6.07, 6.45) is 0. The van der Waals surface area contributed by atoms with E-state index in [0.717, 1.165) is 28.0 Å². The van der Waals surface area contributed by atoms with Crippen LogP contribution in [-0.4, -0.2) is 60.9 Å². The Hall–Kier alpha value is -1.50. The molecular weight excluding hydrogens is 398 g/mol. The number of carbonyl (C=O) groups excluding carboxylic acids is 2. The Balaban J connectivity index is 1.59. The van der Waals surface area contributed by atoms with Gasteiger partial charge in [-0.25, -0.2) is 4.79 Å². The Labute approximate surface area is 153 Å². The molecule has 13 heteroatoms. The second kappa shape index (κ2) is 6.78. The van der Waals surface area contributed by atoms with Crippen LogP contribution in [0.4, 0.5) is 5.13 Å². The number of aliphatic carboxylic acids is 1. The van der Waals surface area contributed by atoms with Crippen molar-refractivity contribution in [2.45, 2.75) is 15.8 Å². The summed E-state index contributed by atoms with van der Waals surface area (Å²) >= 11 is 9.51. The predicted molar refractivity (Wildman–Crippen MR) is 90.6 cm³/mol. The maximum atomic E-state index is 12.2. The molecule has 0 unspecified atom stereocenters. The third-order valence-corrected chi connectivity index (χ3v) is 6.83. The molecule has 9 nitrogen and oxygen atoms in total. The number of halogens is 1. The number of nitrogens with two attached hydrogens (primary N) is 1. The van der Waals surface area contributed by atoms with Crippen LogP contribution < -0.4 is 11.1 Å². The molecule has 128 valence electrons. The van der Waals surface area contributed by atoms with Crippen molar-refractivity contribution in [2.75, 3.05) is 17.2 Å². The molecule has 2 aliphatic heterocycles. The standard InChI is InChI=1S/C11H10ClN5O4S3/c12-3-1-22-8-5(7(19)17(8)6(3)9(20)21)14-4(18)2-23-11-16-15-10(13)24-11/h5,8H,1-2H2,(H2,13,15)(H,14,18)(H,20,21)/t5-,8-/m1/s1. The fourth-order valence-corrected chi connectivity index (χ4v) is 5.20. The molecule has 1 aromatic heterocycles. The highest BCUT2D eigenvalue weighted by atomic mass is 35.5. The van der Waals surface area contributed by atoms with Gasteiger partial charge in [-0.3, -0.25) is 14.5 Å². The minimum Gasteiger partial charge on any atom is -0.477 e. The molecule has 0 aromatic carbocycles. The van der Waals surface area contributed by atoms with E-state index in [0.29, 0.717) is 9.47 Å². The molecule has 2 atom stereocenters. The number of carbonyl (C=O) groups is 3. The SMILES string of the molecule is Nc1nnc(SCC(=O)N[C@@H]2C(=O)N3C(C(=O)O)=C(Cl)CS[C@H]23)s1. The van der Waals surface area contributed by atoms with E-state index in [4.69, 9.17) is 17.3 Å². The molecule has 1 fully saturated rings. The lowest BCUT2D eigenvalue weighted by Gasteiger charge is -2.48. The van der Waals surface area contributed by atoms with Crippen LogP contribution in [0.5, 0.6) is 0 Å². The Morgan fingerprint density at radius 1 is 1.50 bits per heavy atom. The van der Waals surface area contributed by atoms with Gasteiger partial charge in [0.25, 0.3) is 5.91 Å². The van der Waals surface area contributed by atoms with Crippen LogP contribution >= 0.6 is 46.5 Å². The smallest absolute Gasteiger partial charge is 0.353 e. The molecule has 4 N–H and O–H groups in total. The summed E-state index contributed by atoms with van der Waals surface area (Å²) in [7, 11) is 0. The van der Waals surface area contributed by atoms with Gasteiger partial charge >= 0.3 is 5.97 Å². The summed E-state index contributed by atoms with van der Waals surface area (Å²) in [6, 6.07) is -0.762. The highest BCUT2D eigenvalue weighted by Crippen LogP contribution is 2.41. The van der Waals surface area contributed by atoms with E-state index in [1.54, 1.807) is 0 Å². The van der Waals surface area contributed by atoms with Gasteiger partial charge in [0.15, 0.2) is 4.34 Å². The minimum atomic E-state index is -1.26. The maximum absolute atomic E-state index is 12.2. The van der Waals surface area contributed by atoms with Crippen LogP contribution in [0.2, 0.25) is 0 Å². The molecule has 3 rings (SSSR count). The fourth-order valence-electron chi connectivity index (χ4n) is 2.20. The number of carboxylic acids is 1. The predicted octanol–water partition coefficient (Wildman–Crippen LogP) is 0.147. The van der Waals surface area contributed by atoms with Crippen molar-refractivity contribution >= 4 is 69.4 Å². The molecule has 3 heterocycles. The van der Waals surface area contributed by atoms with Crippen LogP contribution in [0, 0.1) is 0 Å². The molecule has 2 aliphatic rings. The van der Waals surface area contributed by atoms with Crippen molar-refractivity contribution in [3.05, 3.63) is 10.7 Å². The number of hydrogen-bond acceptors (Lipinski definition) is 9. The third kappa shape index (κ3) is 3.18. The van der Waals surface area contributed by atoms with E-state index in [1.165, 1.54) is 11.8 Å². The maximum Gasteiger partial charge on any atom is 0.353 e. The number of rotatable bonds is 5. The van der Waals surface area contributed by atoms with Crippen molar-refractivity contribution in [3.8, 4) is 0 Å². The number of hydrogen-bond donors (Lipinski definition) is 3. The number of amides is 2. The van der Waals surface area contributed by atoms with E-state index in [9.17, 15) is 19.5 Å². The van der Waals surface area contributed by atoms with Crippen LogP contribution in [0.15, 0.2) is 15.1 Å². The number of aromatic nitrogens is 2. The first-order valence-electron chi connectivity index (χ1n) is 6.46. The van der Waals surface area contributed by atoms with Crippen molar-refractivity contribution in [1.82, 2.24) is 20.4 Å². The Bertz CT molecular complexity index is 754. The molecular formula is C11H10ClN5O4S3. The fraction of sp³-hybridized carbons (Fsp3) is 0.364. The van der Waals surface area contributed by atoms with E-state index >= 15 is 0 Å². The van der Waals surface area contributed by atoms with Crippen molar-refractivity contribution in [3.63, 3.8) is 0 Å². The van der Waals surface area contributed by atoms with Gasteiger partial charge in [-0.1, -0.05) is 34.7 Å². The van der Waals surface area contributed by atoms with Crippen LogP contribution in [0.1, 0.15) is 0 Å². The summed E-state index contributed by atoms with van der Waals surface area (Å²) in [5.41, 5.74) is 5.24. The number of anilines is 1. The van der Waals surface area contributed by atoms with Crippen molar-refractivity contribution in [1.29, 1.82) is 0 Å². The van der Waals surface area contributed by atoms with Crippen LogP contribution in [0.25, 0.3) is 0 Å². The number of nitrogen functional groups attached to an aromatic ring is 1. The summed E-state index contributed by atoms with van der Waals surface area (Å²) < 4.78 is 0.555. The average molecular weight is 408 g/mol. The topological polar surface area (TPSA) is 139 Å². The Kier molecular flexibility index (Phi) is 4.90. The molecule has 2 amide bonds. The first-order chi connectivity index (χ1) is 11.4. The number of nitrogens with zero attached hydrogens (tertiary/aromatic N) is 3. The molecule has 0 radical (unpaired) electrons. The zero-order chi connectivity index (χ0) is 17.4. The number of fused-ring (bicyclic) bond motifs is 1. The zero-order valence-electron chi connectivity index (χ0n) is 11.8. The van der Waals surface area contributed by atoms with Gasteiger partial charge in [-0.15, -0.1) is 22.0 Å². The van der Waals surface area contributed by atoms with Gasteiger partial charge in [-0.2, -0.15) is 0 Å². The summed E-state index contributed by atoms with van der Waals surface area (Å²) in [4.78, 5) is 36.5. The van der Waals surface area contributed by atoms with E-state index in [-0.39, 0.29) is 28.1 Å². The highest BCUT2D eigenvalue weighted by Gasteiger charge is 2.54. The van der Waals surface area contributed by atoms with Crippen LogP contribution in [0.3, 0.4) is 0 Å². The lowest BCUT2D eigenvalue weighted by atomic mass is 10.1. The van der Waals surface area contributed by atoms with Gasteiger partial charge in [0.05, 0.1) is 10.8 Å². The second-order valence-electron chi connectivity index (χ2n) is 4.71. The number of β-lactam (4-membered cyclic amide) rings is 1. The van der Waals surface area contributed by atoms with Gasteiger partial charge in [-0.05, 0) is 0 Å². The van der Waals surface area contributed by atoms with Gasteiger partial charge in [0.1, 0.15) is 17.1 Å². The largest absolute Gasteiger partial charge is 0.477 e. The number of nitrogens with one attached hydrogen (secondary N) is 1. The molecule has 0 saturated carbocycles. The van der Waals surface area contributed by atoms with Crippen molar-refractivity contribution in [2.24, 2.45) is 0 Å². The van der Waals surface area contributed by atoms with E-state index in [2.05, 4.69) is 15.5 Å². The first-order valence-corrected chi connectivity index (χ1v) is 9.69. The lowest BCUT2D eigenvalue weighted by molar-refractivity contribution is -0.150. The molecule has 24 heavy (non-hydrogen) atoms. The third-order valence-electron chi connectivity index (χ3n) is 3.19. The first kappa shape index (κ1) is 17.3. The quantitative estimate of drug-likeness (QED) is 0.459. The molecule has 0 aliphatic carbocycles. The number of carboxylic acid groups (broad SMARTS) is 1. The van der Waals surface area contributed by atoms with Gasteiger partial charge < -0.3 is 16.2 Å². The monoisotopic (exact) mass is 407 g/mol. The minimum absolute atomic E-state index is 0.0538. The molecule has 1 saturated heterocycles. The summed E-state index contributed by atoms with van der Waals surface area (Å²) in [6.45, 7) is 0. The normalized spacial score (nSPS) is 22.9. The summed E-state index contributed by atoms with van der Waals surface area (Å²) in [5, 5.41) is 19.2. The van der Waals surface area contributed by atoms with E-state index in [1.807, 2.05) is 0 Å². The van der Waals surface area contributed by atoms with Crippen LogP contribution in [-0.2, 0) is 14.4 Å². The molecule has 1 aromatic rings. The van der Waals surface area contributed by atoms with Gasteiger partial charge in [0, 0.05) is 5.75 Å². The second-order valence-corrected chi connectivity index (χ2v) is 8.50. The lowest BCUT2D eigenvalue weighted by Crippen LogP contribution is -2.70. The Morgan fingerprint density at radius 2 is 2.25 bits per heavy atom. The average Bonchev–Trinajstić information content (AvgIpc) is 2.95.